The Balaban J connectivity index is 1.64. The molecule has 3 rings (SSSR count). The fraction of sp³-hybridized carbons (Fsp3) is 0.125. The maximum Gasteiger partial charge on any atom is 0.276 e. The number of hydrogen-bond acceptors (Lipinski definition) is 6. The largest absolute Gasteiger partial charge is 0.415 e. The summed E-state index contributed by atoms with van der Waals surface area (Å²) < 4.78 is 30.1. The molecule has 1 aromatic heterocycles. The average molecular weight is 415 g/mol. The highest BCUT2D eigenvalue weighted by Crippen LogP contribution is 2.24. The van der Waals surface area contributed by atoms with Crippen molar-refractivity contribution in [3.63, 3.8) is 0 Å². The Kier molecular flexibility index (Phi) is 5.68. The lowest BCUT2D eigenvalue weighted by Gasteiger charge is -2.01. The first-order valence-corrected chi connectivity index (χ1v) is 10.5. The van der Waals surface area contributed by atoms with Gasteiger partial charge in [0.05, 0.1) is 4.90 Å². The fourth-order valence-electron chi connectivity index (χ4n) is 1.97. The van der Waals surface area contributed by atoms with Crippen LogP contribution in [0.4, 0.5) is 0 Å². The Morgan fingerprint density at radius 1 is 0.920 bits per heavy atom. The molecule has 5 nitrogen and oxygen atoms in total. The van der Waals surface area contributed by atoms with Gasteiger partial charge in [-0.05, 0) is 42.0 Å². The van der Waals surface area contributed by atoms with Gasteiger partial charge in [-0.3, -0.25) is 0 Å². The zero-order valence-corrected chi connectivity index (χ0v) is 15.9. The van der Waals surface area contributed by atoms with Crippen molar-refractivity contribution in [2.24, 2.45) is 0 Å². The van der Waals surface area contributed by atoms with E-state index in [0.717, 1.165) is 5.56 Å². The van der Waals surface area contributed by atoms with Crippen LogP contribution in [0.1, 0.15) is 11.5 Å². The predicted molar refractivity (Wildman–Crippen MR) is 97.7 cm³/mol. The first-order valence-electron chi connectivity index (χ1n) is 7.10. The lowest BCUT2D eigenvalue weighted by Crippen LogP contribution is -2.05. The standard InChI is InChI=1S/C16H12Cl2N2O3S2/c17-12-3-1-11(2-4-12)9-24-16-20-19-15(23-16)10-25(21,22)14-7-5-13(18)6-8-14/h1-8H,9-10H2. The highest BCUT2D eigenvalue weighted by molar-refractivity contribution is 7.98. The number of benzene rings is 2. The summed E-state index contributed by atoms with van der Waals surface area (Å²) in [5.41, 5.74) is 1.04. The van der Waals surface area contributed by atoms with Gasteiger partial charge in [0.25, 0.3) is 5.22 Å². The van der Waals surface area contributed by atoms with Gasteiger partial charge < -0.3 is 4.42 Å². The van der Waals surface area contributed by atoms with Gasteiger partial charge in [0.1, 0.15) is 5.75 Å². The van der Waals surface area contributed by atoms with Crippen molar-refractivity contribution in [2.45, 2.75) is 21.6 Å². The summed E-state index contributed by atoms with van der Waals surface area (Å²) in [5, 5.41) is 9.14. The van der Waals surface area contributed by atoms with Crippen molar-refractivity contribution in [1.29, 1.82) is 0 Å². The number of sulfone groups is 1. The van der Waals surface area contributed by atoms with Gasteiger partial charge in [-0.25, -0.2) is 8.42 Å². The van der Waals surface area contributed by atoms with E-state index in [1.807, 2.05) is 12.1 Å². The summed E-state index contributed by atoms with van der Waals surface area (Å²) in [4.78, 5) is 0.158. The van der Waals surface area contributed by atoms with Gasteiger partial charge in [-0.15, -0.1) is 10.2 Å². The molecule has 3 aromatic rings. The Labute approximate surface area is 159 Å². The van der Waals surface area contributed by atoms with E-state index in [9.17, 15) is 8.42 Å². The molecular weight excluding hydrogens is 403 g/mol. The van der Waals surface area contributed by atoms with Crippen molar-refractivity contribution in [1.82, 2.24) is 10.2 Å². The summed E-state index contributed by atoms with van der Waals surface area (Å²) in [6, 6.07) is 13.3. The van der Waals surface area contributed by atoms with Gasteiger partial charge in [-0.1, -0.05) is 47.1 Å². The summed E-state index contributed by atoms with van der Waals surface area (Å²) in [5.74, 6) is 0.305. The van der Waals surface area contributed by atoms with Crippen LogP contribution in [-0.2, 0) is 21.3 Å². The number of hydrogen-bond donors (Lipinski definition) is 0. The monoisotopic (exact) mass is 414 g/mol. The molecule has 0 aliphatic rings. The van der Waals surface area contributed by atoms with E-state index >= 15 is 0 Å². The van der Waals surface area contributed by atoms with E-state index in [2.05, 4.69) is 10.2 Å². The van der Waals surface area contributed by atoms with Crippen LogP contribution in [0, 0.1) is 0 Å². The Morgan fingerprint density at radius 3 is 2.16 bits per heavy atom. The van der Waals surface area contributed by atoms with Crippen LogP contribution in [0.5, 0.6) is 0 Å². The smallest absolute Gasteiger partial charge is 0.276 e. The minimum Gasteiger partial charge on any atom is -0.415 e. The second-order valence-corrected chi connectivity index (χ2v) is 8.88. The topological polar surface area (TPSA) is 73.1 Å². The molecule has 0 spiro atoms. The zero-order valence-electron chi connectivity index (χ0n) is 12.7. The fourth-order valence-corrected chi connectivity index (χ4v) is 4.12. The molecule has 0 atom stereocenters. The van der Waals surface area contributed by atoms with Crippen molar-refractivity contribution < 1.29 is 12.8 Å². The van der Waals surface area contributed by atoms with Crippen LogP contribution in [0.2, 0.25) is 10.0 Å². The summed E-state index contributed by atoms with van der Waals surface area (Å²) in [7, 11) is -3.57. The second kappa shape index (κ2) is 7.78. The minimum atomic E-state index is -3.57. The van der Waals surface area contributed by atoms with Crippen LogP contribution >= 0.6 is 35.0 Å². The first-order chi connectivity index (χ1) is 11.9. The number of aromatic nitrogens is 2. The molecule has 0 amide bonds. The first kappa shape index (κ1) is 18.3. The van der Waals surface area contributed by atoms with E-state index in [1.165, 1.54) is 36.0 Å². The van der Waals surface area contributed by atoms with Crippen LogP contribution in [0.3, 0.4) is 0 Å². The van der Waals surface area contributed by atoms with Crippen LogP contribution < -0.4 is 0 Å². The molecule has 1 heterocycles. The van der Waals surface area contributed by atoms with Crippen molar-refractivity contribution in [3.8, 4) is 0 Å². The Hall–Kier alpha value is -1.54. The molecule has 0 unspecified atom stereocenters. The molecule has 0 N–H and O–H groups in total. The number of nitrogens with zero attached hydrogens (tertiary/aromatic N) is 2. The highest BCUT2D eigenvalue weighted by Gasteiger charge is 2.19. The molecule has 25 heavy (non-hydrogen) atoms. The van der Waals surface area contributed by atoms with E-state index in [1.54, 1.807) is 12.1 Å². The van der Waals surface area contributed by atoms with Crippen LogP contribution in [-0.4, -0.2) is 18.6 Å². The minimum absolute atomic E-state index is 0.0496. The molecule has 0 fully saturated rings. The third-order valence-corrected chi connectivity index (χ3v) is 6.22. The van der Waals surface area contributed by atoms with Gasteiger partial charge in [-0.2, -0.15) is 0 Å². The van der Waals surface area contributed by atoms with Crippen LogP contribution in [0.25, 0.3) is 0 Å². The van der Waals surface area contributed by atoms with E-state index < -0.39 is 9.84 Å². The zero-order chi connectivity index (χ0) is 17.9. The lowest BCUT2D eigenvalue weighted by atomic mass is 10.2. The summed E-state index contributed by atoms with van der Waals surface area (Å²) >= 11 is 12.9. The maximum atomic E-state index is 12.3. The van der Waals surface area contributed by atoms with Gasteiger partial charge in [0.2, 0.25) is 5.89 Å². The summed E-state index contributed by atoms with van der Waals surface area (Å²) in [6.45, 7) is 0. The SMILES string of the molecule is O=S(=O)(Cc1nnc(SCc2ccc(Cl)cc2)o1)c1ccc(Cl)cc1. The average Bonchev–Trinajstić information content (AvgIpc) is 3.01. The molecule has 0 bridgehead atoms. The Bertz CT molecular complexity index is 956. The van der Waals surface area contributed by atoms with Crippen molar-refractivity contribution in [2.75, 3.05) is 0 Å². The molecule has 0 saturated carbocycles. The quantitative estimate of drug-likeness (QED) is 0.546. The van der Waals surface area contributed by atoms with E-state index in [0.29, 0.717) is 21.0 Å². The molecule has 9 heteroatoms. The number of rotatable bonds is 6. The van der Waals surface area contributed by atoms with Crippen LogP contribution in [0.15, 0.2) is 63.1 Å². The predicted octanol–water partition coefficient (Wildman–Crippen LogP) is 4.64. The molecule has 0 saturated heterocycles. The lowest BCUT2D eigenvalue weighted by molar-refractivity contribution is 0.423. The third kappa shape index (κ3) is 4.98. The third-order valence-electron chi connectivity index (χ3n) is 3.21. The van der Waals surface area contributed by atoms with E-state index in [4.69, 9.17) is 27.6 Å². The molecule has 0 aliphatic heterocycles. The normalized spacial score (nSPS) is 11.6. The summed E-state index contributed by atoms with van der Waals surface area (Å²) in [6.07, 6.45) is 0. The van der Waals surface area contributed by atoms with Crippen molar-refractivity contribution >= 4 is 44.8 Å². The molecule has 130 valence electrons. The maximum absolute atomic E-state index is 12.3. The highest BCUT2D eigenvalue weighted by atomic mass is 35.5. The molecular formula is C16H12Cl2N2O3S2. The van der Waals surface area contributed by atoms with Gasteiger partial charge >= 0.3 is 0 Å². The Morgan fingerprint density at radius 2 is 1.52 bits per heavy atom. The van der Waals surface area contributed by atoms with Gasteiger partial charge in [0, 0.05) is 15.8 Å². The van der Waals surface area contributed by atoms with Gasteiger partial charge in [0.15, 0.2) is 9.84 Å². The second-order valence-electron chi connectivity index (χ2n) is 5.09. The molecule has 0 radical (unpaired) electrons. The molecule has 2 aromatic carbocycles. The molecule has 0 aliphatic carbocycles. The number of thioether (sulfide) groups is 1. The van der Waals surface area contributed by atoms with E-state index in [-0.39, 0.29) is 16.5 Å². The number of halogens is 2. The van der Waals surface area contributed by atoms with Crippen molar-refractivity contribution in [3.05, 3.63) is 70.0 Å².